The van der Waals surface area contributed by atoms with Gasteiger partial charge in [0.15, 0.2) is 0 Å². The molecule has 0 atom stereocenters. The van der Waals surface area contributed by atoms with Crippen molar-refractivity contribution in [2.24, 2.45) is 0 Å². The lowest BCUT2D eigenvalue weighted by molar-refractivity contribution is 0.628. The van der Waals surface area contributed by atoms with Crippen LogP contribution < -0.4 is 10.2 Å². The number of nitrogens with zero attached hydrogens (tertiary/aromatic N) is 1. The third kappa shape index (κ3) is 5.23. The van der Waals surface area contributed by atoms with Gasteiger partial charge in [0.1, 0.15) is 5.58 Å². The summed E-state index contributed by atoms with van der Waals surface area (Å²) in [5.41, 5.74) is 12.6. The average Bonchev–Trinajstić information content (AvgIpc) is 3.60. The minimum atomic E-state index is 0.710. The Morgan fingerprint density at radius 3 is 1.69 bits per heavy atom. The molecular formula is C49H34N2O. The number of fused-ring (bicyclic) bond motifs is 6. The van der Waals surface area contributed by atoms with Crippen LogP contribution in [0.2, 0.25) is 0 Å². The number of nitrogens with one attached hydrogen (secondary N) is 1. The molecule has 0 spiro atoms. The second-order valence-electron chi connectivity index (χ2n) is 13.4. The Morgan fingerprint density at radius 1 is 0.442 bits per heavy atom. The smallest absolute Gasteiger partial charge is 0.201 e. The standard InChI is InChI=1S/C49H34N2O/c1-2-10-33(11-3-1)34-18-24-39(25-19-34)51(40-26-20-35(21-27-40)38-31-47-45-16-8-9-17-48(45)52-49(47)50-32-38)41-28-22-36(23-29-41)46-30-37-12-4-5-13-42(37)43-14-6-7-15-44(43)46/h1-31,50H,32H2. The highest BCUT2D eigenvalue weighted by atomic mass is 16.3. The first-order valence-corrected chi connectivity index (χ1v) is 17.8. The molecule has 0 radical (unpaired) electrons. The first kappa shape index (κ1) is 30.0. The number of hydrogen-bond acceptors (Lipinski definition) is 3. The maximum Gasteiger partial charge on any atom is 0.201 e. The molecular weight excluding hydrogens is 633 g/mol. The second-order valence-corrected chi connectivity index (χ2v) is 13.4. The SMILES string of the molecule is C1=C(c2ccc(N(c3ccc(-c4ccccc4)cc3)c3ccc(-c4cc5ccccc5c5ccccc45)cc3)cc2)CNc2oc3ccccc3c21. The van der Waals surface area contributed by atoms with Gasteiger partial charge in [0.25, 0.3) is 0 Å². The van der Waals surface area contributed by atoms with Gasteiger partial charge in [0.05, 0.1) is 0 Å². The topological polar surface area (TPSA) is 28.4 Å². The number of rotatable bonds is 6. The van der Waals surface area contributed by atoms with Crippen LogP contribution in [0.5, 0.6) is 0 Å². The van der Waals surface area contributed by atoms with Crippen LogP contribution in [0.25, 0.3) is 66.4 Å². The summed E-state index contributed by atoms with van der Waals surface area (Å²) < 4.78 is 6.07. The van der Waals surface area contributed by atoms with E-state index in [4.69, 9.17) is 4.42 Å². The molecule has 0 saturated carbocycles. The van der Waals surface area contributed by atoms with Crippen LogP contribution in [0.1, 0.15) is 11.1 Å². The van der Waals surface area contributed by atoms with E-state index < -0.39 is 0 Å². The van der Waals surface area contributed by atoms with E-state index >= 15 is 0 Å². The zero-order valence-electron chi connectivity index (χ0n) is 28.5. The first-order valence-electron chi connectivity index (χ1n) is 17.8. The van der Waals surface area contributed by atoms with Gasteiger partial charge in [-0.15, -0.1) is 0 Å². The van der Waals surface area contributed by atoms with Gasteiger partial charge >= 0.3 is 0 Å². The average molecular weight is 667 g/mol. The van der Waals surface area contributed by atoms with E-state index in [0.29, 0.717) is 6.54 Å². The highest BCUT2D eigenvalue weighted by Crippen LogP contribution is 2.41. The Labute approximate surface area is 302 Å². The number of benzene rings is 8. The predicted molar refractivity (Wildman–Crippen MR) is 220 cm³/mol. The van der Waals surface area contributed by atoms with Crippen molar-refractivity contribution in [3.8, 4) is 22.3 Å². The Balaban J connectivity index is 1.04. The van der Waals surface area contributed by atoms with Gasteiger partial charge in [0.2, 0.25) is 5.88 Å². The van der Waals surface area contributed by atoms with Crippen molar-refractivity contribution in [3.63, 3.8) is 0 Å². The van der Waals surface area contributed by atoms with Gasteiger partial charge in [-0.1, -0.05) is 133 Å². The van der Waals surface area contributed by atoms with Gasteiger partial charge in [0, 0.05) is 34.6 Å². The molecule has 0 saturated heterocycles. The first-order chi connectivity index (χ1) is 25.8. The highest BCUT2D eigenvalue weighted by Gasteiger charge is 2.19. The molecule has 1 aliphatic heterocycles. The fourth-order valence-corrected chi connectivity index (χ4v) is 7.71. The van der Waals surface area contributed by atoms with Crippen LogP contribution in [-0.4, -0.2) is 6.54 Å². The monoisotopic (exact) mass is 666 g/mol. The number of anilines is 4. The van der Waals surface area contributed by atoms with Crippen molar-refractivity contribution in [2.75, 3.05) is 16.8 Å². The summed E-state index contributed by atoms with van der Waals surface area (Å²) in [6, 6.07) is 65.3. The number of para-hydroxylation sites is 1. The summed E-state index contributed by atoms with van der Waals surface area (Å²) in [7, 11) is 0. The van der Waals surface area contributed by atoms with E-state index in [-0.39, 0.29) is 0 Å². The van der Waals surface area contributed by atoms with E-state index in [9.17, 15) is 0 Å². The third-order valence-corrected chi connectivity index (χ3v) is 10.3. The van der Waals surface area contributed by atoms with E-state index in [1.165, 1.54) is 54.9 Å². The van der Waals surface area contributed by atoms with Crippen LogP contribution in [0.15, 0.2) is 186 Å². The lowest BCUT2D eigenvalue weighted by Gasteiger charge is -2.26. The van der Waals surface area contributed by atoms with Crippen molar-refractivity contribution in [3.05, 3.63) is 193 Å². The summed E-state index contributed by atoms with van der Waals surface area (Å²) in [6.07, 6.45) is 2.27. The Hall–Kier alpha value is -6.84. The Bertz CT molecular complexity index is 2760. The van der Waals surface area contributed by atoms with Crippen molar-refractivity contribution in [2.45, 2.75) is 0 Å². The third-order valence-electron chi connectivity index (χ3n) is 10.3. The molecule has 3 heteroatoms. The van der Waals surface area contributed by atoms with Crippen molar-refractivity contribution >= 4 is 67.1 Å². The Kier molecular flexibility index (Phi) is 7.21. The van der Waals surface area contributed by atoms with Gasteiger partial charge in [-0.2, -0.15) is 0 Å². The molecule has 0 bridgehead atoms. The second kappa shape index (κ2) is 12.5. The summed E-state index contributed by atoms with van der Waals surface area (Å²) in [5, 5.41) is 9.71. The largest absolute Gasteiger partial charge is 0.440 e. The molecule has 0 amide bonds. The van der Waals surface area contributed by atoms with Gasteiger partial charge < -0.3 is 14.6 Å². The van der Waals surface area contributed by atoms with Crippen molar-refractivity contribution in [1.29, 1.82) is 0 Å². The van der Waals surface area contributed by atoms with Crippen LogP contribution >= 0.6 is 0 Å². The lowest BCUT2D eigenvalue weighted by atomic mass is 9.93. The molecule has 0 fully saturated rings. The molecule has 8 aromatic carbocycles. The predicted octanol–water partition coefficient (Wildman–Crippen LogP) is 13.5. The maximum atomic E-state index is 6.07. The highest BCUT2D eigenvalue weighted by molar-refractivity contribution is 6.13. The van der Waals surface area contributed by atoms with Gasteiger partial charge in [-0.25, -0.2) is 0 Å². The molecule has 1 aliphatic rings. The molecule has 2 heterocycles. The lowest BCUT2D eigenvalue weighted by Crippen LogP contribution is -2.11. The van der Waals surface area contributed by atoms with Crippen LogP contribution in [0.3, 0.4) is 0 Å². The molecule has 0 aliphatic carbocycles. The van der Waals surface area contributed by atoms with Crippen molar-refractivity contribution < 1.29 is 4.42 Å². The van der Waals surface area contributed by atoms with Crippen LogP contribution in [0.4, 0.5) is 22.9 Å². The molecule has 10 rings (SSSR count). The maximum absolute atomic E-state index is 6.07. The molecule has 0 unspecified atom stereocenters. The molecule has 1 aromatic heterocycles. The van der Waals surface area contributed by atoms with Gasteiger partial charge in [-0.05, 0) is 110 Å². The molecule has 52 heavy (non-hydrogen) atoms. The normalized spacial score (nSPS) is 12.4. The molecule has 1 N–H and O–H groups in total. The minimum absolute atomic E-state index is 0.710. The molecule has 3 nitrogen and oxygen atoms in total. The minimum Gasteiger partial charge on any atom is -0.440 e. The summed E-state index contributed by atoms with van der Waals surface area (Å²) >= 11 is 0. The van der Waals surface area contributed by atoms with Crippen LogP contribution in [0, 0.1) is 0 Å². The summed E-state index contributed by atoms with van der Waals surface area (Å²) in [5.74, 6) is 0.840. The van der Waals surface area contributed by atoms with Gasteiger partial charge in [-0.3, -0.25) is 0 Å². The summed E-state index contributed by atoms with van der Waals surface area (Å²) in [4.78, 5) is 2.34. The Morgan fingerprint density at radius 2 is 0.981 bits per heavy atom. The molecule has 246 valence electrons. The zero-order chi connectivity index (χ0) is 34.4. The van der Waals surface area contributed by atoms with Crippen molar-refractivity contribution in [1.82, 2.24) is 0 Å². The number of hydrogen-bond donors (Lipinski definition) is 1. The zero-order valence-corrected chi connectivity index (χ0v) is 28.5. The van der Waals surface area contributed by atoms with E-state index in [2.05, 4.69) is 186 Å². The van der Waals surface area contributed by atoms with E-state index in [1.54, 1.807) is 0 Å². The van der Waals surface area contributed by atoms with E-state index in [1.807, 2.05) is 12.1 Å². The van der Waals surface area contributed by atoms with E-state index in [0.717, 1.165) is 39.5 Å². The number of furan rings is 1. The van der Waals surface area contributed by atoms with Crippen LogP contribution in [-0.2, 0) is 0 Å². The summed E-state index contributed by atoms with van der Waals surface area (Å²) in [6.45, 7) is 0.710. The quantitative estimate of drug-likeness (QED) is 0.179. The molecule has 9 aromatic rings. The fourth-order valence-electron chi connectivity index (χ4n) is 7.71. The fraction of sp³-hybridized carbons (Fsp3) is 0.0204.